The van der Waals surface area contributed by atoms with Gasteiger partial charge in [0.15, 0.2) is 0 Å². The van der Waals surface area contributed by atoms with E-state index in [0.717, 1.165) is 10.0 Å². The average Bonchev–Trinajstić information content (AvgIpc) is 2.46. The van der Waals surface area contributed by atoms with Crippen molar-refractivity contribution in [1.82, 2.24) is 5.32 Å². The molecule has 0 aromatic heterocycles. The number of anilines is 1. The molecule has 2 aromatic rings. The number of rotatable bonds is 3. The monoisotopic (exact) mass is 334 g/mol. The fourth-order valence-electron chi connectivity index (χ4n) is 1.72. The van der Waals surface area contributed by atoms with E-state index in [1.165, 1.54) is 4.90 Å². The normalized spacial score (nSPS) is 10.1. The van der Waals surface area contributed by atoms with Gasteiger partial charge in [-0.15, -0.1) is 0 Å². The third-order valence-electron chi connectivity index (χ3n) is 2.93. The molecule has 0 aliphatic carbocycles. The summed E-state index contributed by atoms with van der Waals surface area (Å²) in [6.45, 7) is 0.447. The van der Waals surface area contributed by atoms with Gasteiger partial charge in [-0.05, 0) is 35.9 Å². The fraction of sp³-hybridized carbons (Fsp3) is 0.133. The summed E-state index contributed by atoms with van der Waals surface area (Å²) >= 11 is 3.44. The molecular formula is C15H15BrN2O2. The number of aromatic hydroxyl groups is 1. The van der Waals surface area contributed by atoms with E-state index in [-0.39, 0.29) is 11.8 Å². The number of phenolic OH excluding ortho intramolecular Hbond substituents is 1. The highest BCUT2D eigenvalue weighted by molar-refractivity contribution is 9.10. The number of benzene rings is 2. The third-order valence-corrected chi connectivity index (χ3v) is 3.70. The van der Waals surface area contributed by atoms with E-state index in [9.17, 15) is 9.90 Å². The van der Waals surface area contributed by atoms with E-state index >= 15 is 0 Å². The van der Waals surface area contributed by atoms with Gasteiger partial charge in [0.25, 0.3) is 0 Å². The molecule has 0 bridgehead atoms. The van der Waals surface area contributed by atoms with Crippen LogP contribution in [0.4, 0.5) is 10.5 Å². The van der Waals surface area contributed by atoms with E-state index in [1.807, 2.05) is 24.3 Å². The highest BCUT2D eigenvalue weighted by atomic mass is 79.9. The molecule has 2 amide bonds. The molecule has 0 aliphatic heterocycles. The van der Waals surface area contributed by atoms with Gasteiger partial charge in [-0.3, -0.25) is 4.90 Å². The summed E-state index contributed by atoms with van der Waals surface area (Å²) in [5, 5.41) is 12.1. The SMILES string of the molecule is CN(C(=O)NCc1ccccc1Br)c1ccc(O)cc1. The molecule has 0 heterocycles. The van der Waals surface area contributed by atoms with Crippen molar-refractivity contribution in [3.63, 3.8) is 0 Å². The molecule has 0 unspecified atom stereocenters. The predicted octanol–water partition coefficient (Wildman–Crippen LogP) is 3.50. The second-order valence-electron chi connectivity index (χ2n) is 4.33. The summed E-state index contributed by atoms with van der Waals surface area (Å²) in [5.41, 5.74) is 1.73. The molecule has 20 heavy (non-hydrogen) atoms. The van der Waals surface area contributed by atoms with Gasteiger partial charge in [-0.25, -0.2) is 4.79 Å². The largest absolute Gasteiger partial charge is 0.508 e. The Morgan fingerprint density at radius 2 is 1.85 bits per heavy atom. The smallest absolute Gasteiger partial charge is 0.321 e. The molecule has 0 fully saturated rings. The second kappa shape index (κ2) is 6.43. The Balaban J connectivity index is 1.98. The Kier molecular flexibility index (Phi) is 4.63. The summed E-state index contributed by atoms with van der Waals surface area (Å²) in [4.78, 5) is 13.5. The molecule has 0 atom stereocenters. The van der Waals surface area contributed by atoms with Crippen molar-refractivity contribution in [3.05, 3.63) is 58.6 Å². The van der Waals surface area contributed by atoms with Gasteiger partial charge in [0, 0.05) is 23.8 Å². The van der Waals surface area contributed by atoms with Crippen LogP contribution in [0.15, 0.2) is 53.0 Å². The number of hydrogen-bond donors (Lipinski definition) is 2. The van der Waals surface area contributed by atoms with Gasteiger partial charge >= 0.3 is 6.03 Å². The summed E-state index contributed by atoms with van der Waals surface area (Å²) in [6.07, 6.45) is 0. The minimum absolute atomic E-state index is 0.177. The minimum atomic E-state index is -0.202. The lowest BCUT2D eigenvalue weighted by Gasteiger charge is -2.18. The highest BCUT2D eigenvalue weighted by Crippen LogP contribution is 2.18. The van der Waals surface area contributed by atoms with Crippen molar-refractivity contribution in [2.24, 2.45) is 0 Å². The Morgan fingerprint density at radius 3 is 2.50 bits per heavy atom. The van der Waals surface area contributed by atoms with Gasteiger partial charge < -0.3 is 10.4 Å². The Labute approximate surface area is 126 Å². The molecule has 0 spiro atoms. The van der Waals surface area contributed by atoms with E-state index in [1.54, 1.807) is 31.3 Å². The fourth-order valence-corrected chi connectivity index (χ4v) is 2.15. The van der Waals surface area contributed by atoms with Crippen LogP contribution < -0.4 is 10.2 Å². The van der Waals surface area contributed by atoms with E-state index in [4.69, 9.17) is 0 Å². The van der Waals surface area contributed by atoms with Gasteiger partial charge in [-0.2, -0.15) is 0 Å². The lowest BCUT2D eigenvalue weighted by atomic mass is 10.2. The highest BCUT2D eigenvalue weighted by Gasteiger charge is 2.10. The number of phenols is 1. The number of hydrogen-bond acceptors (Lipinski definition) is 2. The first-order valence-electron chi connectivity index (χ1n) is 6.12. The molecule has 4 nitrogen and oxygen atoms in total. The number of nitrogens with zero attached hydrogens (tertiary/aromatic N) is 1. The van der Waals surface area contributed by atoms with Crippen LogP contribution in [-0.4, -0.2) is 18.2 Å². The maximum Gasteiger partial charge on any atom is 0.321 e. The molecule has 2 N–H and O–H groups in total. The lowest BCUT2D eigenvalue weighted by Crippen LogP contribution is -2.36. The number of carbonyl (C=O) groups is 1. The van der Waals surface area contributed by atoms with Crippen LogP contribution in [0, 0.1) is 0 Å². The van der Waals surface area contributed by atoms with Crippen molar-refractivity contribution < 1.29 is 9.90 Å². The molecule has 0 saturated carbocycles. The first-order chi connectivity index (χ1) is 9.58. The van der Waals surface area contributed by atoms with Crippen LogP contribution in [0.2, 0.25) is 0 Å². The first-order valence-corrected chi connectivity index (χ1v) is 6.91. The summed E-state index contributed by atoms with van der Waals surface area (Å²) in [5.74, 6) is 0.177. The lowest BCUT2D eigenvalue weighted by molar-refractivity contribution is 0.247. The van der Waals surface area contributed by atoms with Gasteiger partial charge in [-0.1, -0.05) is 34.1 Å². The molecule has 5 heteroatoms. The standard InChI is InChI=1S/C15H15BrN2O2/c1-18(12-6-8-13(19)9-7-12)15(20)17-10-11-4-2-3-5-14(11)16/h2-9,19H,10H2,1H3,(H,17,20). The number of amides is 2. The summed E-state index contributed by atoms with van der Waals surface area (Å²) in [6, 6.07) is 14.0. The first kappa shape index (κ1) is 14.4. The van der Waals surface area contributed by atoms with Crippen molar-refractivity contribution in [3.8, 4) is 5.75 Å². The summed E-state index contributed by atoms with van der Waals surface area (Å²) in [7, 11) is 1.68. The van der Waals surface area contributed by atoms with E-state index in [0.29, 0.717) is 12.2 Å². The number of urea groups is 1. The molecule has 2 rings (SSSR count). The van der Waals surface area contributed by atoms with Crippen LogP contribution in [0.1, 0.15) is 5.56 Å². The zero-order valence-electron chi connectivity index (χ0n) is 11.0. The second-order valence-corrected chi connectivity index (χ2v) is 5.18. The number of nitrogens with one attached hydrogen (secondary N) is 1. The van der Waals surface area contributed by atoms with Crippen LogP contribution in [0.5, 0.6) is 5.75 Å². The minimum Gasteiger partial charge on any atom is -0.508 e. The van der Waals surface area contributed by atoms with Gasteiger partial charge in [0.1, 0.15) is 5.75 Å². The van der Waals surface area contributed by atoms with Crippen LogP contribution in [0.3, 0.4) is 0 Å². The van der Waals surface area contributed by atoms with Crippen LogP contribution in [-0.2, 0) is 6.54 Å². The van der Waals surface area contributed by atoms with Crippen molar-refractivity contribution >= 4 is 27.6 Å². The molecule has 0 radical (unpaired) electrons. The zero-order chi connectivity index (χ0) is 14.5. The summed E-state index contributed by atoms with van der Waals surface area (Å²) < 4.78 is 0.965. The van der Waals surface area contributed by atoms with Crippen LogP contribution >= 0.6 is 15.9 Å². The quantitative estimate of drug-likeness (QED) is 0.902. The molecule has 0 aliphatic rings. The van der Waals surface area contributed by atoms with Crippen molar-refractivity contribution in [2.45, 2.75) is 6.54 Å². The van der Waals surface area contributed by atoms with Gasteiger partial charge in [0.2, 0.25) is 0 Å². The maximum atomic E-state index is 12.1. The predicted molar refractivity (Wildman–Crippen MR) is 82.9 cm³/mol. The number of halogens is 1. The zero-order valence-corrected chi connectivity index (χ0v) is 12.6. The molecule has 2 aromatic carbocycles. The molecular weight excluding hydrogens is 320 g/mol. The van der Waals surface area contributed by atoms with Crippen LogP contribution in [0.25, 0.3) is 0 Å². The van der Waals surface area contributed by atoms with Gasteiger partial charge in [0.05, 0.1) is 0 Å². The Hall–Kier alpha value is -2.01. The topological polar surface area (TPSA) is 52.6 Å². The number of carbonyl (C=O) groups excluding carboxylic acids is 1. The van der Waals surface area contributed by atoms with E-state index in [2.05, 4.69) is 21.2 Å². The maximum absolute atomic E-state index is 12.1. The van der Waals surface area contributed by atoms with Crippen molar-refractivity contribution in [1.29, 1.82) is 0 Å². The Morgan fingerprint density at radius 1 is 1.20 bits per heavy atom. The molecule has 104 valence electrons. The van der Waals surface area contributed by atoms with Crippen molar-refractivity contribution in [2.75, 3.05) is 11.9 Å². The Bertz CT molecular complexity index is 599. The third kappa shape index (κ3) is 3.51. The average molecular weight is 335 g/mol. The van der Waals surface area contributed by atoms with E-state index < -0.39 is 0 Å². The molecule has 0 saturated heterocycles.